The Labute approximate surface area is 122 Å². The van der Waals surface area contributed by atoms with Gasteiger partial charge in [0.25, 0.3) is 5.69 Å². The molecule has 2 rings (SSSR count). The minimum absolute atomic E-state index is 0.0393. The summed E-state index contributed by atoms with van der Waals surface area (Å²) in [6.07, 6.45) is 0. The van der Waals surface area contributed by atoms with Crippen LogP contribution in [0.25, 0.3) is 0 Å². The van der Waals surface area contributed by atoms with E-state index in [1.807, 2.05) is 6.92 Å². The van der Waals surface area contributed by atoms with Crippen LogP contribution in [0.4, 0.5) is 11.4 Å². The molecule has 6 heteroatoms. The molecule has 1 unspecified atom stereocenters. The van der Waals surface area contributed by atoms with Crippen molar-refractivity contribution < 1.29 is 14.8 Å². The van der Waals surface area contributed by atoms with Crippen molar-refractivity contribution in [3.8, 4) is 11.5 Å². The second-order valence-electron chi connectivity index (χ2n) is 4.59. The van der Waals surface area contributed by atoms with E-state index in [0.717, 1.165) is 5.69 Å². The lowest BCUT2D eigenvalue weighted by Gasteiger charge is -2.17. The molecule has 21 heavy (non-hydrogen) atoms. The summed E-state index contributed by atoms with van der Waals surface area (Å²) in [6, 6.07) is 10.9. The van der Waals surface area contributed by atoms with Crippen molar-refractivity contribution in [2.75, 3.05) is 12.4 Å². The van der Waals surface area contributed by atoms with Crippen LogP contribution in [0.15, 0.2) is 42.5 Å². The molecule has 2 aromatic rings. The van der Waals surface area contributed by atoms with E-state index in [0.29, 0.717) is 11.3 Å². The maximum absolute atomic E-state index is 10.6. The van der Waals surface area contributed by atoms with Gasteiger partial charge in [-0.15, -0.1) is 0 Å². The predicted octanol–water partition coefficient (Wildman–Crippen LogP) is 3.48. The topological polar surface area (TPSA) is 84.6 Å². The molecule has 0 saturated heterocycles. The van der Waals surface area contributed by atoms with E-state index in [1.54, 1.807) is 37.4 Å². The SMILES string of the molecule is COc1ccc(O)c(C(C)Nc2ccc([N+](=O)[O-])cc2)c1. The van der Waals surface area contributed by atoms with Gasteiger partial charge in [0, 0.05) is 23.4 Å². The summed E-state index contributed by atoms with van der Waals surface area (Å²) in [4.78, 5) is 10.2. The Morgan fingerprint density at radius 2 is 1.90 bits per heavy atom. The maximum Gasteiger partial charge on any atom is 0.269 e. The molecule has 0 heterocycles. The van der Waals surface area contributed by atoms with Crippen LogP contribution in [0.1, 0.15) is 18.5 Å². The predicted molar refractivity (Wildman–Crippen MR) is 79.8 cm³/mol. The third-order valence-corrected chi connectivity index (χ3v) is 3.16. The van der Waals surface area contributed by atoms with Gasteiger partial charge in [0.15, 0.2) is 0 Å². The summed E-state index contributed by atoms with van der Waals surface area (Å²) in [5.41, 5.74) is 1.46. The van der Waals surface area contributed by atoms with Crippen LogP contribution in [-0.2, 0) is 0 Å². The van der Waals surface area contributed by atoms with Crippen molar-refractivity contribution in [3.63, 3.8) is 0 Å². The van der Waals surface area contributed by atoms with Crippen molar-refractivity contribution in [1.29, 1.82) is 0 Å². The van der Waals surface area contributed by atoms with E-state index < -0.39 is 4.92 Å². The maximum atomic E-state index is 10.6. The summed E-state index contributed by atoms with van der Waals surface area (Å²) in [5, 5.41) is 23.7. The first kappa shape index (κ1) is 14.6. The molecule has 0 aliphatic rings. The van der Waals surface area contributed by atoms with Gasteiger partial charge < -0.3 is 15.2 Å². The Morgan fingerprint density at radius 1 is 1.24 bits per heavy atom. The number of hydrogen-bond acceptors (Lipinski definition) is 5. The van der Waals surface area contributed by atoms with Crippen molar-refractivity contribution >= 4 is 11.4 Å². The van der Waals surface area contributed by atoms with Crippen LogP contribution in [-0.4, -0.2) is 17.1 Å². The molecule has 0 aliphatic carbocycles. The third kappa shape index (κ3) is 3.42. The van der Waals surface area contributed by atoms with Crippen molar-refractivity contribution in [2.45, 2.75) is 13.0 Å². The van der Waals surface area contributed by atoms with Gasteiger partial charge in [0.2, 0.25) is 0 Å². The first-order chi connectivity index (χ1) is 10.0. The minimum Gasteiger partial charge on any atom is -0.508 e. The Morgan fingerprint density at radius 3 is 2.48 bits per heavy atom. The molecule has 110 valence electrons. The van der Waals surface area contributed by atoms with Crippen LogP contribution in [0.5, 0.6) is 11.5 Å². The van der Waals surface area contributed by atoms with E-state index in [2.05, 4.69) is 5.32 Å². The fourth-order valence-electron chi connectivity index (χ4n) is 2.01. The molecule has 0 radical (unpaired) electrons. The van der Waals surface area contributed by atoms with Crippen molar-refractivity contribution in [1.82, 2.24) is 0 Å². The molecule has 0 amide bonds. The largest absolute Gasteiger partial charge is 0.508 e. The molecule has 0 bridgehead atoms. The lowest BCUT2D eigenvalue weighted by Crippen LogP contribution is -2.07. The number of nitrogens with zero attached hydrogens (tertiary/aromatic N) is 1. The number of nitrogens with one attached hydrogen (secondary N) is 1. The lowest BCUT2D eigenvalue weighted by atomic mass is 10.1. The van der Waals surface area contributed by atoms with E-state index in [1.165, 1.54) is 12.1 Å². The average Bonchev–Trinajstić information content (AvgIpc) is 2.48. The molecule has 0 saturated carbocycles. The highest BCUT2D eigenvalue weighted by molar-refractivity contribution is 5.51. The molecule has 0 fully saturated rings. The Hall–Kier alpha value is -2.76. The number of methoxy groups -OCH3 is 1. The highest BCUT2D eigenvalue weighted by Crippen LogP contribution is 2.30. The Balaban J connectivity index is 2.17. The second kappa shape index (κ2) is 6.13. The number of nitro benzene ring substituents is 1. The number of aromatic hydroxyl groups is 1. The third-order valence-electron chi connectivity index (χ3n) is 3.16. The van der Waals surface area contributed by atoms with Crippen LogP contribution >= 0.6 is 0 Å². The molecule has 1 atom stereocenters. The van der Waals surface area contributed by atoms with Gasteiger partial charge in [-0.05, 0) is 37.3 Å². The number of hydrogen-bond donors (Lipinski definition) is 2. The molecule has 2 aromatic carbocycles. The van der Waals surface area contributed by atoms with E-state index in [4.69, 9.17) is 4.74 Å². The summed E-state index contributed by atoms with van der Waals surface area (Å²) in [7, 11) is 1.56. The van der Waals surface area contributed by atoms with Gasteiger partial charge in [0.1, 0.15) is 11.5 Å². The van der Waals surface area contributed by atoms with Crippen molar-refractivity contribution in [3.05, 3.63) is 58.1 Å². The normalized spacial score (nSPS) is 11.7. The molecule has 0 spiro atoms. The number of non-ortho nitro benzene ring substituents is 1. The number of rotatable bonds is 5. The van der Waals surface area contributed by atoms with Gasteiger partial charge in [-0.2, -0.15) is 0 Å². The number of phenols is 1. The van der Waals surface area contributed by atoms with E-state index >= 15 is 0 Å². The van der Waals surface area contributed by atoms with Gasteiger partial charge in [0.05, 0.1) is 18.1 Å². The summed E-state index contributed by atoms with van der Waals surface area (Å²) >= 11 is 0. The second-order valence-corrected chi connectivity index (χ2v) is 4.59. The molecular formula is C15H16N2O4. The standard InChI is InChI=1S/C15H16N2O4/c1-10(14-9-13(21-2)7-8-15(14)18)16-11-3-5-12(6-4-11)17(19)20/h3-10,16,18H,1-2H3. The molecule has 0 aromatic heterocycles. The Bertz CT molecular complexity index is 641. The fraction of sp³-hybridized carbons (Fsp3) is 0.200. The van der Waals surface area contributed by atoms with Gasteiger partial charge in [-0.25, -0.2) is 0 Å². The molecule has 6 nitrogen and oxygen atoms in total. The highest BCUT2D eigenvalue weighted by atomic mass is 16.6. The summed E-state index contributed by atoms with van der Waals surface area (Å²) < 4.78 is 5.14. The van der Waals surface area contributed by atoms with E-state index in [9.17, 15) is 15.2 Å². The van der Waals surface area contributed by atoms with Crippen LogP contribution < -0.4 is 10.1 Å². The zero-order valence-corrected chi connectivity index (χ0v) is 11.7. The first-order valence-corrected chi connectivity index (χ1v) is 6.39. The summed E-state index contributed by atoms with van der Waals surface area (Å²) in [5.74, 6) is 0.817. The highest BCUT2D eigenvalue weighted by Gasteiger charge is 2.12. The molecule has 0 aliphatic heterocycles. The van der Waals surface area contributed by atoms with Crippen LogP contribution in [0.3, 0.4) is 0 Å². The number of ether oxygens (including phenoxy) is 1. The number of anilines is 1. The first-order valence-electron chi connectivity index (χ1n) is 6.39. The summed E-state index contributed by atoms with van der Waals surface area (Å²) in [6.45, 7) is 1.88. The zero-order chi connectivity index (χ0) is 15.4. The number of nitro groups is 1. The molecular weight excluding hydrogens is 272 g/mol. The number of benzene rings is 2. The van der Waals surface area contributed by atoms with Gasteiger partial charge >= 0.3 is 0 Å². The fourth-order valence-corrected chi connectivity index (χ4v) is 2.01. The Kier molecular flexibility index (Phi) is 4.27. The van der Waals surface area contributed by atoms with Gasteiger partial charge in [-0.1, -0.05) is 0 Å². The van der Waals surface area contributed by atoms with Crippen molar-refractivity contribution in [2.24, 2.45) is 0 Å². The minimum atomic E-state index is -0.443. The van der Waals surface area contributed by atoms with Crippen LogP contribution in [0.2, 0.25) is 0 Å². The number of phenolic OH excluding ortho intramolecular Hbond substituents is 1. The van der Waals surface area contributed by atoms with Crippen LogP contribution in [0, 0.1) is 10.1 Å². The van der Waals surface area contributed by atoms with E-state index in [-0.39, 0.29) is 17.5 Å². The lowest BCUT2D eigenvalue weighted by molar-refractivity contribution is -0.384. The van der Waals surface area contributed by atoms with Gasteiger partial charge in [-0.3, -0.25) is 10.1 Å². The average molecular weight is 288 g/mol. The zero-order valence-electron chi connectivity index (χ0n) is 11.7. The molecule has 2 N–H and O–H groups in total. The smallest absolute Gasteiger partial charge is 0.269 e. The quantitative estimate of drug-likeness (QED) is 0.650. The monoisotopic (exact) mass is 288 g/mol.